The molecule has 53 heavy (non-hydrogen) atoms. The highest BCUT2D eigenvalue weighted by Gasteiger charge is 2.45. The lowest BCUT2D eigenvalue weighted by Crippen LogP contribution is -2.30. The number of hydrogen-bond donors (Lipinski definition) is 1. The van der Waals surface area contributed by atoms with Crippen LogP contribution >= 0.6 is 0 Å². The predicted octanol–water partition coefficient (Wildman–Crippen LogP) is 6.79. The molecule has 0 unspecified atom stereocenters. The SMILES string of the molecule is CC1(C)CN(CCCS(=O)(=O)[O-])c2c1c1c(c3cc4ccccc4cc23)C=c2c(c3c(c4ccccc24)=[N+](Cc2ccc(C(=O)O)cc2)CC3(C)C)O1. The second-order valence-electron chi connectivity index (χ2n) is 16.1. The number of benzene rings is 6. The van der Waals surface area contributed by atoms with Gasteiger partial charge in [0.05, 0.1) is 37.7 Å². The van der Waals surface area contributed by atoms with Gasteiger partial charge in [0.1, 0.15) is 11.5 Å². The average Bonchev–Trinajstić information content (AvgIpc) is 3.54. The van der Waals surface area contributed by atoms with Gasteiger partial charge in [0.25, 0.3) is 0 Å². The van der Waals surface area contributed by atoms with E-state index in [9.17, 15) is 22.9 Å². The fraction of sp³-hybridized carbons (Fsp3) is 0.273. The van der Waals surface area contributed by atoms with Gasteiger partial charge in [0, 0.05) is 51.6 Å². The largest absolute Gasteiger partial charge is 0.748 e. The lowest BCUT2D eigenvalue weighted by atomic mass is 9.80. The van der Waals surface area contributed by atoms with Gasteiger partial charge in [-0.15, -0.1) is 0 Å². The number of carbonyl (C=O) groups is 1. The molecule has 3 aliphatic heterocycles. The smallest absolute Gasteiger partial charge is 0.335 e. The number of ether oxygens (including phenoxy) is 1. The molecule has 0 amide bonds. The highest BCUT2D eigenvalue weighted by atomic mass is 32.2. The molecule has 268 valence electrons. The van der Waals surface area contributed by atoms with Gasteiger partial charge in [-0.25, -0.2) is 17.8 Å². The van der Waals surface area contributed by atoms with Crippen molar-refractivity contribution in [3.05, 3.63) is 123 Å². The summed E-state index contributed by atoms with van der Waals surface area (Å²) in [7, 11) is -4.34. The van der Waals surface area contributed by atoms with Crippen LogP contribution in [0.4, 0.5) is 5.69 Å². The molecule has 0 fully saturated rings. The van der Waals surface area contributed by atoms with Gasteiger partial charge in [0.15, 0.2) is 13.1 Å². The van der Waals surface area contributed by atoms with E-state index in [4.69, 9.17) is 4.74 Å². The molecule has 1 N–H and O–H groups in total. The van der Waals surface area contributed by atoms with E-state index >= 15 is 0 Å². The van der Waals surface area contributed by atoms with E-state index in [2.05, 4.69) is 91.8 Å². The zero-order valence-electron chi connectivity index (χ0n) is 30.2. The number of carboxylic acid groups (broad SMARTS) is 1. The number of nitrogens with zero attached hydrogens (tertiary/aromatic N) is 2. The Balaban J connectivity index is 1.33. The summed E-state index contributed by atoms with van der Waals surface area (Å²) in [6.45, 7) is 11.4. The zero-order chi connectivity index (χ0) is 37.0. The van der Waals surface area contributed by atoms with Crippen LogP contribution in [0.25, 0.3) is 38.4 Å². The van der Waals surface area contributed by atoms with Crippen LogP contribution in [-0.4, -0.2) is 49.4 Å². The van der Waals surface area contributed by atoms with Crippen LogP contribution in [0, 0.1) is 0 Å². The van der Waals surface area contributed by atoms with Gasteiger partial charge in [-0.2, -0.15) is 0 Å². The molecule has 0 radical (unpaired) electrons. The summed E-state index contributed by atoms with van der Waals surface area (Å²) in [6, 6.07) is 28.5. The molecule has 6 aromatic rings. The molecule has 0 spiro atoms. The van der Waals surface area contributed by atoms with Crippen LogP contribution in [0.1, 0.15) is 66.7 Å². The fourth-order valence-electron chi connectivity index (χ4n) is 9.24. The first-order chi connectivity index (χ1) is 25.2. The summed E-state index contributed by atoms with van der Waals surface area (Å²) in [5.74, 6) is 0.339. The van der Waals surface area contributed by atoms with Crippen molar-refractivity contribution in [1.29, 1.82) is 0 Å². The summed E-state index contributed by atoms with van der Waals surface area (Å²) in [5.41, 5.74) is 4.99. The van der Waals surface area contributed by atoms with Crippen molar-refractivity contribution in [3.63, 3.8) is 0 Å². The topological polar surface area (TPSA) is 110 Å². The van der Waals surface area contributed by atoms with Crippen molar-refractivity contribution < 1.29 is 27.6 Å². The van der Waals surface area contributed by atoms with Crippen molar-refractivity contribution in [3.8, 4) is 11.5 Å². The minimum Gasteiger partial charge on any atom is -0.748 e. The Kier molecular flexibility index (Phi) is 7.36. The van der Waals surface area contributed by atoms with Gasteiger partial charge in [-0.05, 0) is 78.2 Å². The Bertz CT molecular complexity index is 2820. The number of hydrogen-bond acceptors (Lipinski definition) is 6. The normalized spacial score (nSPS) is 16.6. The van der Waals surface area contributed by atoms with Crippen LogP contribution in [0.15, 0.2) is 84.9 Å². The average molecular weight is 725 g/mol. The molecular formula is C44H40N2O6S. The molecule has 6 aromatic carbocycles. The molecule has 8 nitrogen and oxygen atoms in total. The maximum absolute atomic E-state index is 11.6. The van der Waals surface area contributed by atoms with Crippen LogP contribution in [0.2, 0.25) is 0 Å². The lowest BCUT2D eigenvalue weighted by Gasteiger charge is -2.28. The van der Waals surface area contributed by atoms with E-state index in [-0.39, 0.29) is 22.8 Å². The highest BCUT2D eigenvalue weighted by Crippen LogP contribution is 2.55. The van der Waals surface area contributed by atoms with Gasteiger partial charge < -0.3 is 19.3 Å². The van der Waals surface area contributed by atoms with Crippen molar-refractivity contribution in [2.45, 2.75) is 51.5 Å². The molecule has 9 rings (SSSR count). The number of rotatable bonds is 7. The minimum absolute atomic E-state index is 0.242. The van der Waals surface area contributed by atoms with Crippen molar-refractivity contribution in [1.82, 2.24) is 4.58 Å². The molecule has 0 saturated heterocycles. The van der Waals surface area contributed by atoms with Gasteiger partial charge in [-0.1, -0.05) is 68.4 Å². The van der Waals surface area contributed by atoms with Crippen molar-refractivity contribution >= 4 is 60.2 Å². The molecule has 0 saturated carbocycles. The summed E-state index contributed by atoms with van der Waals surface area (Å²) in [4.78, 5) is 13.8. The molecule has 9 heteroatoms. The predicted molar refractivity (Wildman–Crippen MR) is 209 cm³/mol. The van der Waals surface area contributed by atoms with E-state index in [1.165, 1.54) is 0 Å². The summed E-state index contributed by atoms with van der Waals surface area (Å²) in [5, 5.41) is 18.3. The molecular weight excluding hydrogens is 685 g/mol. The van der Waals surface area contributed by atoms with E-state index in [0.717, 1.165) is 88.9 Å². The standard InChI is InChI=1S/C44H40N2O6S/c1-43(2)24-45(18-9-19-53(49,50)51)39-33-21-29-11-6-5-10-28(29)20-32(33)35-22-34-30-12-7-8-13-31(30)38-36(40(34)52-41(35)37(39)43)44(3,4)25-46(38)23-26-14-16-27(17-15-26)42(47)48/h5-8,10-17,20-22H,9,18-19,23-25H2,1-4H3,(H-,47,48,49,50,51). The fourth-order valence-corrected chi connectivity index (χ4v) is 9.72. The van der Waals surface area contributed by atoms with Crippen molar-refractivity contribution in [2.24, 2.45) is 0 Å². The number of carboxylic acids is 1. The van der Waals surface area contributed by atoms with Crippen LogP contribution in [-0.2, 0) is 27.5 Å². The van der Waals surface area contributed by atoms with Crippen LogP contribution in [0.3, 0.4) is 0 Å². The number of anilines is 1. The first-order valence-corrected chi connectivity index (χ1v) is 19.7. The maximum atomic E-state index is 11.6. The second-order valence-corrected chi connectivity index (χ2v) is 17.7. The number of aromatic carboxylic acids is 1. The lowest BCUT2D eigenvalue weighted by molar-refractivity contribution is 0.0696. The first kappa shape index (κ1) is 33.6. The molecule has 0 atom stereocenters. The van der Waals surface area contributed by atoms with Crippen LogP contribution < -0.4 is 24.8 Å². The summed E-state index contributed by atoms with van der Waals surface area (Å²) >= 11 is 0. The number of fused-ring (bicyclic) bond motifs is 13. The van der Waals surface area contributed by atoms with Gasteiger partial charge in [-0.3, -0.25) is 0 Å². The molecule has 3 aliphatic rings. The third kappa shape index (κ3) is 5.39. The Labute approximate surface area is 308 Å². The monoisotopic (exact) mass is 724 g/mol. The third-order valence-corrected chi connectivity index (χ3v) is 12.2. The zero-order valence-corrected chi connectivity index (χ0v) is 31.0. The Hall–Kier alpha value is -5.25. The Morgan fingerprint density at radius 2 is 1.51 bits per heavy atom. The van der Waals surface area contributed by atoms with Gasteiger partial charge >= 0.3 is 5.97 Å². The third-order valence-electron chi connectivity index (χ3n) is 11.4. The molecule has 3 heterocycles. The summed E-state index contributed by atoms with van der Waals surface area (Å²) in [6.07, 6.45) is 2.56. The van der Waals surface area contributed by atoms with E-state index in [0.29, 0.717) is 19.6 Å². The quantitative estimate of drug-likeness (QED) is 0.110. The first-order valence-electron chi connectivity index (χ1n) is 18.1. The van der Waals surface area contributed by atoms with Gasteiger partial charge in [0.2, 0.25) is 5.36 Å². The molecule has 0 aromatic heterocycles. The second kappa shape index (κ2) is 11.6. The molecule has 0 bridgehead atoms. The maximum Gasteiger partial charge on any atom is 0.335 e. The van der Waals surface area contributed by atoms with E-state index < -0.39 is 21.8 Å². The van der Waals surface area contributed by atoms with E-state index in [1.807, 2.05) is 24.3 Å². The van der Waals surface area contributed by atoms with E-state index in [1.54, 1.807) is 12.1 Å². The Morgan fingerprint density at radius 3 is 2.19 bits per heavy atom. The minimum atomic E-state index is -4.34. The highest BCUT2D eigenvalue weighted by molar-refractivity contribution is 7.85. The van der Waals surface area contributed by atoms with Crippen LogP contribution in [0.5, 0.6) is 11.5 Å². The summed E-state index contributed by atoms with van der Waals surface area (Å²) < 4.78 is 44.7. The Morgan fingerprint density at radius 1 is 0.849 bits per heavy atom. The van der Waals surface area contributed by atoms with Crippen molar-refractivity contribution in [2.75, 3.05) is 30.3 Å². The molecule has 0 aliphatic carbocycles.